The first-order chi connectivity index (χ1) is 23.7. The minimum Gasteiger partial charge on any atom is -0.508 e. The number of aromatic nitrogens is 3. The molecule has 3 aromatic heterocycles. The van der Waals surface area contributed by atoms with Gasteiger partial charge in [-0.25, -0.2) is 0 Å². The van der Waals surface area contributed by atoms with E-state index in [1.807, 2.05) is 49.0 Å². The van der Waals surface area contributed by atoms with Crippen molar-refractivity contribution in [3.8, 4) is 16.9 Å². The number of hydrogen-bond donors (Lipinski definition) is 4. The predicted molar refractivity (Wildman–Crippen MR) is 193 cm³/mol. The third-order valence-electron chi connectivity index (χ3n) is 9.74. The van der Waals surface area contributed by atoms with E-state index in [1.54, 1.807) is 6.07 Å². The van der Waals surface area contributed by atoms with Crippen LogP contribution in [0.3, 0.4) is 0 Å². The van der Waals surface area contributed by atoms with E-state index in [0.717, 1.165) is 83.4 Å². The van der Waals surface area contributed by atoms with Crippen molar-refractivity contribution < 1.29 is 5.11 Å². The fraction of sp³-hybridized carbons (Fsp3) is 0.0488. The lowest BCUT2D eigenvalue weighted by Crippen LogP contribution is -2.25. The van der Waals surface area contributed by atoms with Gasteiger partial charge >= 0.3 is 0 Å². The molecule has 7 heteroatoms. The van der Waals surface area contributed by atoms with Crippen LogP contribution in [0.4, 0.5) is 17.1 Å². The van der Waals surface area contributed by atoms with Gasteiger partial charge in [0.05, 0.1) is 28.9 Å². The molecule has 2 atom stereocenters. The van der Waals surface area contributed by atoms with Gasteiger partial charge < -0.3 is 20.1 Å². The highest BCUT2D eigenvalue weighted by Crippen LogP contribution is 2.40. The van der Waals surface area contributed by atoms with Crippen molar-refractivity contribution in [2.75, 3.05) is 0 Å². The average Bonchev–Trinajstić information content (AvgIpc) is 3.96. The third-order valence-corrected chi connectivity index (χ3v) is 9.74. The summed E-state index contributed by atoms with van der Waals surface area (Å²) in [5, 5.41) is 13.5. The van der Waals surface area contributed by atoms with E-state index >= 15 is 0 Å². The average molecular weight is 621 g/mol. The molecule has 228 valence electrons. The largest absolute Gasteiger partial charge is 0.508 e. The van der Waals surface area contributed by atoms with Gasteiger partial charge in [0.1, 0.15) is 5.75 Å². The topological polar surface area (TPSA) is 105 Å². The quantitative estimate of drug-likeness (QED) is 0.160. The van der Waals surface area contributed by atoms with Crippen LogP contribution in [0.1, 0.15) is 45.6 Å². The van der Waals surface area contributed by atoms with Crippen molar-refractivity contribution in [1.82, 2.24) is 15.0 Å². The highest BCUT2D eigenvalue weighted by atomic mass is 16.3. The van der Waals surface area contributed by atoms with Crippen LogP contribution in [-0.2, 0) is 0 Å². The molecular formula is C41H28N6O. The Morgan fingerprint density at radius 3 is 2.29 bits per heavy atom. The number of aromatic amines is 3. The van der Waals surface area contributed by atoms with Crippen molar-refractivity contribution >= 4 is 58.3 Å². The van der Waals surface area contributed by atoms with Gasteiger partial charge in [-0.1, -0.05) is 54.6 Å². The summed E-state index contributed by atoms with van der Waals surface area (Å²) in [5.41, 5.74) is 13.5. The highest BCUT2D eigenvalue weighted by molar-refractivity contribution is 6.16. The van der Waals surface area contributed by atoms with Crippen LogP contribution in [0.15, 0.2) is 124 Å². The minimum atomic E-state index is -0.124. The number of hydrogen-bond acceptors (Lipinski definition) is 4. The Hall–Kier alpha value is -6.47. The highest BCUT2D eigenvalue weighted by Gasteiger charge is 2.26. The Bertz CT molecular complexity index is 2660. The second-order valence-electron chi connectivity index (χ2n) is 12.5. The molecule has 0 saturated heterocycles. The Morgan fingerprint density at radius 1 is 0.625 bits per heavy atom. The normalized spacial score (nSPS) is 18.6. The van der Waals surface area contributed by atoms with Gasteiger partial charge in [0.25, 0.3) is 0 Å². The van der Waals surface area contributed by atoms with Crippen LogP contribution in [0.25, 0.3) is 33.7 Å². The number of benzene rings is 4. The molecule has 0 aliphatic carbocycles. The second-order valence-corrected chi connectivity index (χ2v) is 12.5. The molecule has 0 amide bonds. The molecule has 3 aliphatic heterocycles. The molecule has 2 unspecified atom stereocenters. The molecule has 4 N–H and O–H groups in total. The van der Waals surface area contributed by atoms with Crippen LogP contribution in [0, 0.1) is 0 Å². The van der Waals surface area contributed by atoms with E-state index in [1.165, 1.54) is 5.56 Å². The number of phenols is 1. The lowest BCUT2D eigenvalue weighted by molar-refractivity contribution is 0.474. The molecule has 0 fully saturated rings. The number of H-pyrrole nitrogens is 3. The van der Waals surface area contributed by atoms with E-state index in [4.69, 9.17) is 9.98 Å². The smallest absolute Gasteiger partial charge is 0.116 e. The summed E-state index contributed by atoms with van der Waals surface area (Å²) in [6.45, 7) is 0. The van der Waals surface area contributed by atoms with Crippen molar-refractivity contribution in [2.45, 2.75) is 11.8 Å². The Morgan fingerprint density at radius 2 is 1.38 bits per heavy atom. The van der Waals surface area contributed by atoms with E-state index in [-0.39, 0.29) is 17.6 Å². The first kappa shape index (κ1) is 26.7. The monoisotopic (exact) mass is 620 g/mol. The number of fused-ring (bicyclic) bond motifs is 4. The molecule has 4 aromatic carbocycles. The summed E-state index contributed by atoms with van der Waals surface area (Å²) in [7, 11) is 0. The zero-order valence-corrected chi connectivity index (χ0v) is 25.6. The molecule has 6 heterocycles. The van der Waals surface area contributed by atoms with Gasteiger partial charge in [0.15, 0.2) is 0 Å². The predicted octanol–water partition coefficient (Wildman–Crippen LogP) is 7.64. The first-order valence-electron chi connectivity index (χ1n) is 16.1. The maximum Gasteiger partial charge on any atom is 0.116 e. The number of aliphatic imine (C=N–C) groups is 3. The van der Waals surface area contributed by atoms with Crippen LogP contribution < -0.4 is 10.6 Å². The summed E-state index contributed by atoms with van der Waals surface area (Å²) in [4.78, 5) is 25.2. The number of rotatable bonds is 4. The standard InChI is InChI=1S/C41H28N6O/c48-23-13-14-37-27(15-23)33(22-45-37)39-17-29(31-20-43-35-11-5-2-8-25(31)35)41(47-39)18-40-28(30-19-42-34-10-4-1-7-24(30)34)16-38(46-40)32-21-44-36-12-6-3-9-26(32)36/h1-22,32-33,42,46-48H. The molecule has 3 aliphatic rings. The summed E-state index contributed by atoms with van der Waals surface area (Å²) in [6, 6.07) is 34.8. The van der Waals surface area contributed by atoms with E-state index < -0.39 is 0 Å². The molecule has 0 bridgehead atoms. The van der Waals surface area contributed by atoms with Gasteiger partial charge in [-0.15, -0.1) is 0 Å². The number of aromatic hydroxyl groups is 1. The van der Waals surface area contributed by atoms with Crippen LogP contribution in [0.5, 0.6) is 5.75 Å². The van der Waals surface area contributed by atoms with Crippen LogP contribution >= 0.6 is 0 Å². The lowest BCUT2D eigenvalue weighted by Gasteiger charge is -2.07. The van der Waals surface area contributed by atoms with E-state index in [0.29, 0.717) is 0 Å². The Kier molecular flexibility index (Phi) is 5.72. The summed E-state index contributed by atoms with van der Waals surface area (Å²) in [6.07, 6.45) is 10.3. The van der Waals surface area contributed by atoms with E-state index in [9.17, 15) is 5.11 Å². The molecule has 0 saturated carbocycles. The second kappa shape index (κ2) is 10.3. The lowest BCUT2D eigenvalue weighted by atomic mass is 9.97. The van der Waals surface area contributed by atoms with Gasteiger partial charge in [-0.2, -0.15) is 0 Å². The van der Waals surface area contributed by atoms with Crippen LogP contribution in [0.2, 0.25) is 0 Å². The number of phenolic OH excluding ortho intramolecular Hbond substituents is 1. The number of para-hydroxylation sites is 3. The molecule has 10 rings (SSSR count). The van der Waals surface area contributed by atoms with Gasteiger partial charge in [0, 0.05) is 85.7 Å². The van der Waals surface area contributed by atoms with Crippen molar-refractivity contribution in [1.29, 1.82) is 0 Å². The van der Waals surface area contributed by atoms with Crippen molar-refractivity contribution in [3.63, 3.8) is 0 Å². The minimum absolute atomic E-state index is 0.0214. The summed E-state index contributed by atoms with van der Waals surface area (Å²) in [5.74, 6) is 0.127. The molecular weight excluding hydrogens is 592 g/mol. The number of nitrogens with one attached hydrogen (secondary N) is 3. The maximum atomic E-state index is 10.3. The molecule has 0 radical (unpaired) electrons. The zero-order valence-electron chi connectivity index (χ0n) is 25.6. The fourth-order valence-electron chi connectivity index (χ4n) is 7.41. The van der Waals surface area contributed by atoms with Gasteiger partial charge in [-0.3, -0.25) is 15.0 Å². The van der Waals surface area contributed by atoms with Crippen molar-refractivity contribution in [3.05, 3.63) is 154 Å². The van der Waals surface area contributed by atoms with Crippen LogP contribution in [-0.4, -0.2) is 38.7 Å². The molecule has 7 aromatic rings. The van der Waals surface area contributed by atoms with Gasteiger partial charge in [0.2, 0.25) is 0 Å². The summed E-state index contributed by atoms with van der Waals surface area (Å²) < 4.78 is 0. The molecule has 48 heavy (non-hydrogen) atoms. The fourth-order valence-corrected chi connectivity index (χ4v) is 7.41. The Balaban J connectivity index is 1.22. The Labute approximate surface area is 275 Å². The molecule has 7 nitrogen and oxygen atoms in total. The number of nitrogens with zero attached hydrogens (tertiary/aromatic N) is 3. The molecule has 0 spiro atoms. The third kappa shape index (κ3) is 4.11. The summed E-state index contributed by atoms with van der Waals surface area (Å²) >= 11 is 0. The van der Waals surface area contributed by atoms with E-state index in [2.05, 4.69) is 98.9 Å². The zero-order chi connectivity index (χ0) is 31.8. The van der Waals surface area contributed by atoms with Crippen molar-refractivity contribution in [2.24, 2.45) is 15.0 Å². The maximum absolute atomic E-state index is 10.3. The SMILES string of the molecule is Oc1ccc2c(c1)C(c1cc(=C3C=Nc4ccccc43)c(=Cc3[nH]c(C4C=Nc5ccccc54)cc3-c3c[nH]c4ccccc34)[nH]1)C=N2. The van der Waals surface area contributed by atoms with Gasteiger partial charge in [-0.05, 0) is 65.7 Å². The first-order valence-corrected chi connectivity index (χ1v) is 16.1.